The van der Waals surface area contributed by atoms with Crippen LogP contribution in [0.2, 0.25) is 0 Å². The van der Waals surface area contributed by atoms with Crippen molar-refractivity contribution < 1.29 is 17.6 Å². The minimum Gasteiger partial charge on any atom is -0.247 e. The van der Waals surface area contributed by atoms with Crippen LogP contribution < -0.4 is 0 Å². The molecule has 0 spiro atoms. The maximum Gasteiger partial charge on any atom is 0.433 e. The van der Waals surface area contributed by atoms with Crippen molar-refractivity contribution in [1.29, 1.82) is 5.26 Å². The Kier molecular flexibility index (Phi) is 5.17. The molecule has 6 nitrogen and oxygen atoms in total. The Bertz CT molecular complexity index is 1270. The Balaban J connectivity index is 1.84. The van der Waals surface area contributed by atoms with E-state index in [9.17, 15) is 22.8 Å². The zero-order valence-electron chi connectivity index (χ0n) is 15.7. The molecular formula is C21H12F4N6. The zero-order valence-corrected chi connectivity index (χ0v) is 15.7. The summed E-state index contributed by atoms with van der Waals surface area (Å²) in [5.74, 6) is -0.504. The van der Waals surface area contributed by atoms with Crippen molar-refractivity contribution in [2.75, 3.05) is 0 Å². The highest BCUT2D eigenvalue weighted by molar-refractivity contribution is 5.72. The Morgan fingerprint density at radius 1 is 0.968 bits per heavy atom. The number of aromatic amines is 1. The second-order valence-electron chi connectivity index (χ2n) is 6.63. The Morgan fingerprint density at radius 2 is 1.71 bits per heavy atom. The van der Waals surface area contributed by atoms with Crippen LogP contribution in [0, 0.1) is 17.1 Å². The van der Waals surface area contributed by atoms with E-state index in [-0.39, 0.29) is 23.0 Å². The number of rotatable bonds is 4. The number of H-pyrrole nitrogens is 1. The van der Waals surface area contributed by atoms with Gasteiger partial charge in [-0.15, -0.1) is 5.10 Å². The minimum absolute atomic E-state index is 0.106. The van der Waals surface area contributed by atoms with Crippen molar-refractivity contribution >= 4 is 0 Å². The van der Waals surface area contributed by atoms with E-state index in [1.165, 1.54) is 12.1 Å². The Labute approximate surface area is 173 Å². The van der Waals surface area contributed by atoms with Gasteiger partial charge in [0.2, 0.25) is 0 Å². The molecule has 0 radical (unpaired) electrons. The average molecular weight is 424 g/mol. The molecule has 4 aromatic rings. The van der Waals surface area contributed by atoms with Crippen LogP contribution in [0.25, 0.3) is 22.6 Å². The smallest absolute Gasteiger partial charge is 0.247 e. The summed E-state index contributed by atoms with van der Waals surface area (Å²) < 4.78 is 52.5. The summed E-state index contributed by atoms with van der Waals surface area (Å²) in [4.78, 5) is 7.62. The maximum atomic E-state index is 13.2. The molecule has 2 aromatic heterocycles. The molecule has 2 heterocycles. The normalized spacial score (nSPS) is 11.3. The number of aromatic nitrogens is 5. The molecule has 0 aliphatic carbocycles. The van der Waals surface area contributed by atoms with E-state index in [1.54, 1.807) is 30.3 Å². The van der Waals surface area contributed by atoms with E-state index in [0.29, 0.717) is 23.1 Å². The third-order valence-electron chi connectivity index (χ3n) is 4.45. The highest BCUT2D eigenvalue weighted by atomic mass is 19.4. The molecule has 0 bridgehead atoms. The summed E-state index contributed by atoms with van der Waals surface area (Å²) >= 11 is 0. The molecular weight excluding hydrogens is 412 g/mol. The van der Waals surface area contributed by atoms with Gasteiger partial charge >= 0.3 is 6.18 Å². The number of halogens is 4. The van der Waals surface area contributed by atoms with E-state index in [4.69, 9.17) is 0 Å². The predicted molar refractivity (Wildman–Crippen MR) is 102 cm³/mol. The van der Waals surface area contributed by atoms with Gasteiger partial charge in [-0.25, -0.2) is 19.5 Å². The lowest BCUT2D eigenvalue weighted by Crippen LogP contribution is -2.09. The highest BCUT2D eigenvalue weighted by Gasteiger charge is 2.33. The first-order chi connectivity index (χ1) is 14.8. The van der Waals surface area contributed by atoms with Crippen molar-refractivity contribution in [3.05, 3.63) is 83.1 Å². The number of alkyl halides is 3. The van der Waals surface area contributed by atoms with E-state index in [0.717, 1.165) is 17.8 Å². The fourth-order valence-corrected chi connectivity index (χ4v) is 3.06. The number of benzene rings is 2. The molecule has 10 heteroatoms. The molecule has 1 N–H and O–H groups in total. The van der Waals surface area contributed by atoms with Crippen LogP contribution in [0.1, 0.15) is 22.5 Å². The third kappa shape index (κ3) is 4.40. The van der Waals surface area contributed by atoms with Gasteiger partial charge in [-0.05, 0) is 53.9 Å². The lowest BCUT2D eigenvalue weighted by atomic mass is 9.97. The minimum atomic E-state index is -4.62. The van der Waals surface area contributed by atoms with E-state index in [1.807, 2.05) is 6.07 Å². The van der Waals surface area contributed by atoms with Crippen molar-refractivity contribution in [1.82, 2.24) is 25.4 Å². The van der Waals surface area contributed by atoms with Crippen LogP contribution in [0.5, 0.6) is 0 Å². The summed E-state index contributed by atoms with van der Waals surface area (Å²) in [6.45, 7) is 0. The first kappa shape index (κ1) is 20.2. The predicted octanol–water partition coefficient (Wildman–Crippen LogP) is 4.55. The highest BCUT2D eigenvalue weighted by Crippen LogP contribution is 2.31. The Hall–Kier alpha value is -4.13. The monoisotopic (exact) mass is 424 g/mol. The number of hydrogen-bond donors (Lipinski definition) is 1. The summed E-state index contributed by atoms with van der Waals surface area (Å²) in [6.07, 6.45) is -3.22. The molecule has 154 valence electrons. The first-order valence-electron chi connectivity index (χ1n) is 8.94. The van der Waals surface area contributed by atoms with Gasteiger partial charge in [-0.1, -0.05) is 17.3 Å². The van der Waals surface area contributed by atoms with Gasteiger partial charge in [0.1, 0.15) is 23.3 Å². The summed E-state index contributed by atoms with van der Waals surface area (Å²) in [7, 11) is 0. The van der Waals surface area contributed by atoms with E-state index < -0.39 is 11.9 Å². The molecule has 2 aromatic carbocycles. The lowest BCUT2D eigenvalue weighted by Gasteiger charge is -2.11. The molecule has 0 saturated carbocycles. The second kappa shape index (κ2) is 7.95. The number of nitriles is 1. The van der Waals surface area contributed by atoms with E-state index in [2.05, 4.69) is 25.4 Å². The number of nitrogens with zero attached hydrogens (tertiary/aromatic N) is 5. The summed E-state index contributed by atoms with van der Waals surface area (Å²) in [5.41, 5.74) is 1.53. The van der Waals surface area contributed by atoms with Crippen LogP contribution in [-0.4, -0.2) is 25.4 Å². The third-order valence-corrected chi connectivity index (χ3v) is 4.45. The molecule has 0 fully saturated rings. The van der Waals surface area contributed by atoms with Crippen LogP contribution in [0.3, 0.4) is 0 Å². The van der Waals surface area contributed by atoms with Crippen LogP contribution >= 0.6 is 0 Å². The van der Waals surface area contributed by atoms with Crippen molar-refractivity contribution in [3.63, 3.8) is 0 Å². The van der Waals surface area contributed by atoms with Crippen LogP contribution in [0.15, 0.2) is 54.7 Å². The van der Waals surface area contributed by atoms with Crippen molar-refractivity contribution in [3.8, 4) is 28.7 Å². The summed E-state index contributed by atoms with van der Waals surface area (Å²) in [5, 5.41) is 19.3. The lowest BCUT2D eigenvalue weighted by molar-refractivity contribution is -0.141. The van der Waals surface area contributed by atoms with Gasteiger partial charge in [-0.2, -0.15) is 18.4 Å². The standard InChI is InChI=1S/C21H12F4N6/c22-16-3-1-12(2-4-16)7-13-8-14(19-17(11-26)29-31-30-19)10-15(9-13)20-27-6-5-18(28-20)21(23,24)25/h1-6,8-10H,7H2,(H,29,30,31). The van der Waals surface area contributed by atoms with Crippen molar-refractivity contribution in [2.45, 2.75) is 12.6 Å². The van der Waals surface area contributed by atoms with Crippen LogP contribution in [0.4, 0.5) is 17.6 Å². The molecule has 31 heavy (non-hydrogen) atoms. The molecule has 0 amide bonds. The van der Waals surface area contributed by atoms with Gasteiger partial charge < -0.3 is 0 Å². The van der Waals surface area contributed by atoms with Gasteiger partial charge in [0.15, 0.2) is 11.5 Å². The quantitative estimate of drug-likeness (QED) is 0.486. The number of hydrogen-bond acceptors (Lipinski definition) is 5. The molecule has 0 saturated heterocycles. The first-order valence-corrected chi connectivity index (χ1v) is 8.94. The Morgan fingerprint density at radius 3 is 2.42 bits per heavy atom. The molecule has 0 unspecified atom stereocenters. The second-order valence-corrected chi connectivity index (χ2v) is 6.63. The zero-order chi connectivity index (χ0) is 22.0. The largest absolute Gasteiger partial charge is 0.433 e. The van der Waals surface area contributed by atoms with E-state index >= 15 is 0 Å². The number of nitrogens with one attached hydrogen (secondary N) is 1. The topological polar surface area (TPSA) is 91.1 Å². The van der Waals surface area contributed by atoms with Gasteiger partial charge in [-0.3, -0.25) is 0 Å². The average Bonchev–Trinajstić information content (AvgIpc) is 3.24. The van der Waals surface area contributed by atoms with Crippen LogP contribution in [-0.2, 0) is 12.6 Å². The maximum absolute atomic E-state index is 13.2. The molecule has 4 rings (SSSR count). The van der Waals surface area contributed by atoms with Gasteiger partial charge in [0.05, 0.1) is 0 Å². The fraction of sp³-hybridized carbons (Fsp3) is 0.0952. The fourth-order valence-electron chi connectivity index (χ4n) is 3.06. The molecule has 0 aliphatic rings. The van der Waals surface area contributed by atoms with Gasteiger partial charge in [0.25, 0.3) is 0 Å². The molecule has 0 atom stereocenters. The van der Waals surface area contributed by atoms with Gasteiger partial charge in [0, 0.05) is 17.3 Å². The molecule has 0 aliphatic heterocycles. The SMILES string of the molecule is N#Cc1[nH]nnc1-c1cc(Cc2ccc(F)cc2)cc(-c2nccc(C(F)(F)F)n2)c1. The summed E-state index contributed by atoms with van der Waals surface area (Å²) in [6, 6.07) is 13.5. The van der Waals surface area contributed by atoms with Crippen molar-refractivity contribution in [2.24, 2.45) is 0 Å².